The van der Waals surface area contributed by atoms with Gasteiger partial charge in [-0.3, -0.25) is 0 Å². The highest BCUT2D eigenvalue weighted by molar-refractivity contribution is 7.09. The third-order valence-corrected chi connectivity index (χ3v) is 3.66. The van der Waals surface area contributed by atoms with Crippen molar-refractivity contribution < 1.29 is 0 Å². The van der Waals surface area contributed by atoms with Gasteiger partial charge in [0, 0.05) is 11.6 Å². The minimum absolute atomic E-state index is 0.0980. The Balaban J connectivity index is 1.98. The van der Waals surface area contributed by atoms with Gasteiger partial charge in [-0.2, -0.15) is 9.97 Å². The predicted molar refractivity (Wildman–Crippen MR) is 74.9 cm³/mol. The summed E-state index contributed by atoms with van der Waals surface area (Å²) in [7, 11) is 0. The number of aromatic amines is 1. The zero-order valence-corrected chi connectivity index (χ0v) is 11.1. The van der Waals surface area contributed by atoms with Crippen LogP contribution >= 0.6 is 11.3 Å². The second kappa shape index (κ2) is 4.81. The maximum Gasteiger partial charge on any atom is 0.224 e. The molecular weight excluding hydrogens is 262 g/mol. The Morgan fingerprint density at radius 1 is 1.42 bits per heavy atom. The fraction of sp³-hybridized carbons (Fsp3) is 0.273. The molecule has 0 saturated heterocycles. The molecule has 0 spiro atoms. The highest BCUT2D eigenvalue weighted by Gasteiger charge is 2.16. The maximum absolute atomic E-state index is 5.69. The summed E-state index contributed by atoms with van der Waals surface area (Å²) in [6, 6.07) is 0.0980. The van der Waals surface area contributed by atoms with Crippen LogP contribution in [-0.2, 0) is 0 Å². The van der Waals surface area contributed by atoms with Crippen molar-refractivity contribution >= 4 is 34.3 Å². The van der Waals surface area contributed by atoms with E-state index in [4.69, 9.17) is 5.73 Å². The molecule has 19 heavy (non-hydrogen) atoms. The molecule has 0 fully saturated rings. The van der Waals surface area contributed by atoms with E-state index < -0.39 is 0 Å². The topological polar surface area (TPSA) is 105 Å². The van der Waals surface area contributed by atoms with Crippen LogP contribution in [0.1, 0.15) is 24.4 Å². The van der Waals surface area contributed by atoms with Gasteiger partial charge in [-0.05, 0) is 6.42 Å². The third kappa shape index (κ3) is 2.22. The second-order valence-electron chi connectivity index (χ2n) is 4.01. The summed E-state index contributed by atoms with van der Waals surface area (Å²) in [5.74, 6) is 0.859. The SMILES string of the molecule is CCC(Nc1nc(N)nc2nc[nH]c12)c1nccs1. The lowest BCUT2D eigenvalue weighted by Crippen LogP contribution is -2.12. The summed E-state index contributed by atoms with van der Waals surface area (Å²) >= 11 is 1.61. The maximum atomic E-state index is 5.69. The zero-order valence-electron chi connectivity index (χ0n) is 10.3. The van der Waals surface area contributed by atoms with Gasteiger partial charge >= 0.3 is 0 Å². The number of imidazole rings is 1. The van der Waals surface area contributed by atoms with Crippen molar-refractivity contribution in [2.45, 2.75) is 19.4 Å². The predicted octanol–water partition coefficient (Wildman–Crippen LogP) is 1.95. The van der Waals surface area contributed by atoms with Crippen molar-refractivity contribution in [3.05, 3.63) is 22.9 Å². The second-order valence-corrected chi connectivity index (χ2v) is 4.93. The molecule has 0 radical (unpaired) electrons. The van der Waals surface area contributed by atoms with Gasteiger partial charge in [0.05, 0.1) is 12.4 Å². The van der Waals surface area contributed by atoms with Crippen LogP contribution in [0.15, 0.2) is 17.9 Å². The van der Waals surface area contributed by atoms with Gasteiger partial charge in [-0.15, -0.1) is 11.3 Å². The van der Waals surface area contributed by atoms with Crippen molar-refractivity contribution in [2.75, 3.05) is 11.1 Å². The van der Waals surface area contributed by atoms with Gasteiger partial charge in [0.15, 0.2) is 11.5 Å². The van der Waals surface area contributed by atoms with Gasteiger partial charge < -0.3 is 16.0 Å². The summed E-state index contributed by atoms with van der Waals surface area (Å²) in [4.78, 5) is 19.7. The van der Waals surface area contributed by atoms with Crippen LogP contribution in [-0.4, -0.2) is 24.9 Å². The number of hydrogen-bond acceptors (Lipinski definition) is 7. The molecule has 0 bridgehead atoms. The Morgan fingerprint density at radius 3 is 3.05 bits per heavy atom. The minimum atomic E-state index is 0.0980. The van der Waals surface area contributed by atoms with E-state index in [1.165, 1.54) is 0 Å². The molecule has 0 aromatic carbocycles. The number of nitrogens with one attached hydrogen (secondary N) is 2. The number of nitrogen functional groups attached to an aromatic ring is 1. The fourth-order valence-electron chi connectivity index (χ4n) is 1.86. The Labute approximate surface area is 113 Å². The summed E-state index contributed by atoms with van der Waals surface area (Å²) in [5, 5.41) is 6.33. The molecule has 1 unspecified atom stereocenters. The van der Waals surface area contributed by atoms with Crippen LogP contribution in [0.5, 0.6) is 0 Å². The number of rotatable bonds is 4. The van der Waals surface area contributed by atoms with E-state index in [0.717, 1.165) is 16.9 Å². The molecule has 3 heterocycles. The molecule has 7 nitrogen and oxygen atoms in total. The van der Waals surface area contributed by atoms with E-state index in [2.05, 4.69) is 37.2 Å². The smallest absolute Gasteiger partial charge is 0.224 e. The Bertz CT molecular complexity index is 675. The summed E-state index contributed by atoms with van der Waals surface area (Å²) in [6.07, 6.45) is 4.27. The highest BCUT2D eigenvalue weighted by Crippen LogP contribution is 2.26. The number of nitrogens with zero attached hydrogens (tertiary/aromatic N) is 4. The van der Waals surface area contributed by atoms with E-state index in [1.807, 2.05) is 5.38 Å². The van der Waals surface area contributed by atoms with E-state index in [-0.39, 0.29) is 12.0 Å². The lowest BCUT2D eigenvalue weighted by Gasteiger charge is -2.15. The Hall–Kier alpha value is -2.22. The third-order valence-electron chi connectivity index (χ3n) is 2.77. The molecule has 0 saturated carbocycles. The van der Waals surface area contributed by atoms with E-state index in [1.54, 1.807) is 23.9 Å². The number of anilines is 2. The number of hydrogen-bond donors (Lipinski definition) is 3. The number of thiazole rings is 1. The standard InChI is InChI=1S/C11H13N7S/c1-2-6(10-13-3-4-19-10)16-9-7-8(15-5-14-7)17-11(12)18-9/h3-6H,2H2,1H3,(H4,12,14,15,16,17,18). The van der Waals surface area contributed by atoms with Gasteiger partial charge in [-0.25, -0.2) is 9.97 Å². The fourth-order valence-corrected chi connectivity index (χ4v) is 2.64. The van der Waals surface area contributed by atoms with Crippen LogP contribution < -0.4 is 11.1 Å². The average Bonchev–Trinajstić information content (AvgIpc) is 3.05. The molecule has 98 valence electrons. The first-order valence-corrected chi connectivity index (χ1v) is 6.78. The molecule has 3 aromatic heterocycles. The van der Waals surface area contributed by atoms with Crippen molar-refractivity contribution in [1.29, 1.82) is 0 Å². The van der Waals surface area contributed by atoms with Crippen LogP contribution in [0.4, 0.5) is 11.8 Å². The molecule has 4 N–H and O–H groups in total. The molecule has 3 rings (SSSR count). The largest absolute Gasteiger partial charge is 0.368 e. The van der Waals surface area contributed by atoms with Crippen molar-refractivity contribution in [2.24, 2.45) is 0 Å². The average molecular weight is 275 g/mol. The molecule has 0 aliphatic carbocycles. The molecule has 1 atom stereocenters. The van der Waals surface area contributed by atoms with Crippen LogP contribution in [0.3, 0.4) is 0 Å². The monoisotopic (exact) mass is 275 g/mol. The summed E-state index contributed by atoms with van der Waals surface area (Å²) in [6.45, 7) is 2.09. The first-order valence-electron chi connectivity index (χ1n) is 5.90. The molecule has 8 heteroatoms. The number of H-pyrrole nitrogens is 1. The molecule has 0 aliphatic heterocycles. The number of fused-ring (bicyclic) bond motifs is 1. The summed E-state index contributed by atoms with van der Waals surface area (Å²) < 4.78 is 0. The highest BCUT2D eigenvalue weighted by atomic mass is 32.1. The molecule has 0 amide bonds. The molecular formula is C11H13N7S. The van der Waals surface area contributed by atoms with Crippen LogP contribution in [0, 0.1) is 0 Å². The van der Waals surface area contributed by atoms with Gasteiger partial charge in [0.25, 0.3) is 0 Å². The minimum Gasteiger partial charge on any atom is -0.368 e. The molecule has 0 aliphatic rings. The Morgan fingerprint density at radius 2 is 2.32 bits per heavy atom. The van der Waals surface area contributed by atoms with E-state index in [9.17, 15) is 0 Å². The first-order chi connectivity index (χ1) is 9.28. The van der Waals surface area contributed by atoms with E-state index >= 15 is 0 Å². The Kier molecular flexibility index (Phi) is 3.00. The quantitative estimate of drug-likeness (QED) is 0.672. The molecule has 3 aromatic rings. The van der Waals surface area contributed by atoms with Crippen molar-refractivity contribution in [3.63, 3.8) is 0 Å². The normalized spacial score (nSPS) is 12.7. The number of nitrogens with two attached hydrogens (primary N) is 1. The first kappa shape index (κ1) is 11.8. The summed E-state index contributed by atoms with van der Waals surface area (Å²) in [5.41, 5.74) is 7.00. The van der Waals surface area contributed by atoms with Crippen molar-refractivity contribution in [3.8, 4) is 0 Å². The van der Waals surface area contributed by atoms with Gasteiger partial charge in [-0.1, -0.05) is 6.92 Å². The zero-order chi connectivity index (χ0) is 13.2. The van der Waals surface area contributed by atoms with E-state index in [0.29, 0.717) is 11.5 Å². The lowest BCUT2D eigenvalue weighted by atomic mass is 10.2. The van der Waals surface area contributed by atoms with Crippen LogP contribution in [0.2, 0.25) is 0 Å². The number of aromatic nitrogens is 5. The van der Waals surface area contributed by atoms with Crippen LogP contribution in [0.25, 0.3) is 11.2 Å². The van der Waals surface area contributed by atoms with Gasteiger partial charge in [0.1, 0.15) is 10.5 Å². The van der Waals surface area contributed by atoms with Gasteiger partial charge in [0.2, 0.25) is 5.95 Å². The van der Waals surface area contributed by atoms with Crippen molar-refractivity contribution in [1.82, 2.24) is 24.9 Å². The lowest BCUT2D eigenvalue weighted by molar-refractivity contribution is 0.738.